The quantitative estimate of drug-likeness (QED) is 0.793. The second-order valence-electron chi connectivity index (χ2n) is 3.95. The molecule has 1 aromatic rings. The van der Waals surface area contributed by atoms with E-state index in [1.54, 1.807) is 18.2 Å². The zero-order valence-corrected chi connectivity index (χ0v) is 9.25. The van der Waals surface area contributed by atoms with Crippen LogP contribution in [0.15, 0.2) is 18.2 Å². The lowest BCUT2D eigenvalue weighted by atomic mass is 10.2. The van der Waals surface area contributed by atoms with Crippen molar-refractivity contribution < 1.29 is 24.2 Å². The smallest absolute Gasteiger partial charge is 0.328 e. The summed E-state index contributed by atoms with van der Waals surface area (Å²) in [6.07, 6.45) is 0. The first-order valence-electron chi connectivity index (χ1n) is 5.36. The van der Waals surface area contributed by atoms with E-state index in [-0.39, 0.29) is 13.3 Å². The number of carbonyl (C=O) groups is 2. The molecule has 2 heterocycles. The molecule has 1 fully saturated rings. The van der Waals surface area contributed by atoms with Gasteiger partial charge in [-0.15, -0.1) is 0 Å². The van der Waals surface area contributed by atoms with Crippen molar-refractivity contribution in [3.05, 3.63) is 18.2 Å². The Morgan fingerprint density at radius 2 is 2.17 bits per heavy atom. The number of rotatable bonds is 2. The monoisotopic (exact) mass is 250 g/mol. The zero-order chi connectivity index (χ0) is 12.7. The van der Waals surface area contributed by atoms with Gasteiger partial charge in [0.15, 0.2) is 17.5 Å². The molecule has 0 bridgehead atoms. The van der Waals surface area contributed by atoms with E-state index in [4.69, 9.17) is 14.6 Å². The van der Waals surface area contributed by atoms with Gasteiger partial charge < -0.3 is 19.9 Å². The highest BCUT2D eigenvalue weighted by atomic mass is 16.7. The number of hydrogen-bond donors (Lipinski definition) is 2. The molecule has 3 rings (SSSR count). The number of carboxylic acid groups (broad SMARTS) is 1. The molecule has 94 valence electrons. The van der Waals surface area contributed by atoms with Gasteiger partial charge in [0.1, 0.15) is 0 Å². The first-order valence-corrected chi connectivity index (χ1v) is 5.36. The van der Waals surface area contributed by atoms with Gasteiger partial charge in [-0.2, -0.15) is 0 Å². The van der Waals surface area contributed by atoms with Crippen LogP contribution in [0.5, 0.6) is 11.5 Å². The summed E-state index contributed by atoms with van der Waals surface area (Å²) in [7, 11) is 0. The summed E-state index contributed by atoms with van der Waals surface area (Å²) in [5.74, 6) is 0.0487. The maximum atomic E-state index is 11.7. The maximum Gasteiger partial charge on any atom is 0.328 e. The minimum atomic E-state index is -1.05. The summed E-state index contributed by atoms with van der Waals surface area (Å²) < 4.78 is 10.4. The lowest BCUT2D eigenvalue weighted by molar-refractivity contribution is -0.137. The van der Waals surface area contributed by atoms with E-state index in [9.17, 15) is 9.59 Å². The van der Waals surface area contributed by atoms with Crippen molar-refractivity contribution >= 4 is 17.7 Å². The number of aliphatic carboxylic acids is 1. The van der Waals surface area contributed by atoms with Crippen molar-refractivity contribution in [3.63, 3.8) is 0 Å². The largest absolute Gasteiger partial charge is 0.480 e. The van der Waals surface area contributed by atoms with Crippen molar-refractivity contribution in [2.45, 2.75) is 6.04 Å². The molecular weight excluding hydrogens is 240 g/mol. The number of fused-ring (bicyclic) bond motifs is 1. The number of amides is 2. The van der Waals surface area contributed by atoms with Crippen LogP contribution >= 0.6 is 0 Å². The third-order valence-electron chi connectivity index (χ3n) is 2.90. The molecule has 1 unspecified atom stereocenters. The van der Waals surface area contributed by atoms with Crippen molar-refractivity contribution in [2.24, 2.45) is 0 Å². The molecule has 7 heteroatoms. The summed E-state index contributed by atoms with van der Waals surface area (Å²) >= 11 is 0. The second-order valence-corrected chi connectivity index (χ2v) is 3.95. The van der Waals surface area contributed by atoms with Gasteiger partial charge in [-0.05, 0) is 12.1 Å². The topological polar surface area (TPSA) is 88.1 Å². The third kappa shape index (κ3) is 1.52. The van der Waals surface area contributed by atoms with Crippen LogP contribution in [0.4, 0.5) is 10.5 Å². The fourth-order valence-corrected chi connectivity index (χ4v) is 2.03. The van der Waals surface area contributed by atoms with Gasteiger partial charge in [-0.3, -0.25) is 4.90 Å². The van der Waals surface area contributed by atoms with Crippen LogP contribution in [-0.4, -0.2) is 36.5 Å². The van der Waals surface area contributed by atoms with E-state index in [1.807, 2.05) is 0 Å². The molecule has 0 aromatic heterocycles. The molecule has 1 saturated heterocycles. The molecule has 0 radical (unpaired) electrons. The Labute approximate surface area is 102 Å². The number of benzene rings is 1. The second kappa shape index (κ2) is 3.80. The summed E-state index contributed by atoms with van der Waals surface area (Å²) in [6.45, 7) is 0.218. The number of nitrogens with zero attached hydrogens (tertiary/aromatic N) is 1. The summed E-state index contributed by atoms with van der Waals surface area (Å²) in [4.78, 5) is 23.9. The molecule has 18 heavy (non-hydrogen) atoms. The molecule has 2 aliphatic rings. The number of carboxylic acids is 1. The Balaban J connectivity index is 1.98. The lowest BCUT2D eigenvalue weighted by Crippen LogP contribution is -2.39. The van der Waals surface area contributed by atoms with Gasteiger partial charge in [0.25, 0.3) is 0 Å². The number of nitrogens with one attached hydrogen (secondary N) is 1. The van der Waals surface area contributed by atoms with Crippen LogP contribution in [0.25, 0.3) is 0 Å². The van der Waals surface area contributed by atoms with Crippen LogP contribution in [0, 0.1) is 0 Å². The molecule has 2 aliphatic heterocycles. The summed E-state index contributed by atoms with van der Waals surface area (Å²) in [6, 6.07) is 3.55. The highest BCUT2D eigenvalue weighted by molar-refractivity contribution is 6.01. The van der Waals surface area contributed by atoms with Gasteiger partial charge in [-0.1, -0.05) is 0 Å². The SMILES string of the molecule is O=C(O)C1CNC(=O)N1c1ccc2c(c1)OCO2. The molecular formula is C11H10N2O5. The standard InChI is InChI=1S/C11H10N2O5/c14-10(15)7-4-12-11(16)13(7)6-1-2-8-9(3-6)18-5-17-8/h1-3,7H,4-5H2,(H,12,16)(H,14,15). The molecule has 0 saturated carbocycles. The predicted molar refractivity (Wildman–Crippen MR) is 59.9 cm³/mol. The highest BCUT2D eigenvalue weighted by Gasteiger charge is 2.37. The lowest BCUT2D eigenvalue weighted by Gasteiger charge is -2.19. The van der Waals surface area contributed by atoms with Crippen molar-refractivity contribution in [3.8, 4) is 11.5 Å². The van der Waals surface area contributed by atoms with E-state index in [2.05, 4.69) is 5.32 Å². The minimum Gasteiger partial charge on any atom is -0.480 e. The molecule has 0 aliphatic carbocycles. The predicted octanol–water partition coefficient (Wildman–Crippen LogP) is 0.398. The fraction of sp³-hybridized carbons (Fsp3) is 0.273. The van der Waals surface area contributed by atoms with Gasteiger partial charge in [0.2, 0.25) is 6.79 Å². The van der Waals surface area contributed by atoms with E-state index < -0.39 is 18.0 Å². The van der Waals surface area contributed by atoms with E-state index in [0.29, 0.717) is 17.2 Å². The van der Waals surface area contributed by atoms with Crippen LogP contribution in [0.2, 0.25) is 0 Å². The average molecular weight is 250 g/mol. The van der Waals surface area contributed by atoms with Crippen molar-refractivity contribution in [1.82, 2.24) is 5.32 Å². The van der Waals surface area contributed by atoms with Gasteiger partial charge >= 0.3 is 12.0 Å². The Kier molecular flexibility index (Phi) is 2.26. The van der Waals surface area contributed by atoms with Crippen molar-refractivity contribution in [1.29, 1.82) is 0 Å². The van der Waals surface area contributed by atoms with E-state index in [1.165, 1.54) is 4.90 Å². The van der Waals surface area contributed by atoms with Gasteiger partial charge in [-0.25, -0.2) is 9.59 Å². The molecule has 0 spiro atoms. The van der Waals surface area contributed by atoms with Gasteiger partial charge in [0.05, 0.1) is 12.2 Å². The molecule has 7 nitrogen and oxygen atoms in total. The van der Waals surface area contributed by atoms with Crippen LogP contribution in [0.1, 0.15) is 0 Å². The first kappa shape index (κ1) is 10.7. The number of ether oxygens (including phenoxy) is 2. The number of hydrogen-bond acceptors (Lipinski definition) is 4. The number of urea groups is 1. The number of anilines is 1. The molecule has 1 atom stereocenters. The normalized spacial score (nSPS) is 21.0. The average Bonchev–Trinajstić information content (AvgIpc) is 2.93. The molecule has 2 N–H and O–H groups in total. The van der Waals surface area contributed by atoms with Gasteiger partial charge in [0, 0.05) is 6.07 Å². The maximum absolute atomic E-state index is 11.7. The van der Waals surface area contributed by atoms with E-state index >= 15 is 0 Å². The summed E-state index contributed by atoms with van der Waals surface area (Å²) in [5, 5.41) is 11.6. The Morgan fingerprint density at radius 3 is 2.94 bits per heavy atom. The number of carbonyl (C=O) groups excluding carboxylic acids is 1. The Morgan fingerprint density at radius 1 is 1.39 bits per heavy atom. The highest BCUT2D eigenvalue weighted by Crippen LogP contribution is 2.36. The first-order chi connectivity index (χ1) is 8.66. The Bertz CT molecular complexity index is 530. The van der Waals surface area contributed by atoms with E-state index in [0.717, 1.165) is 0 Å². The van der Waals surface area contributed by atoms with Crippen molar-refractivity contribution in [2.75, 3.05) is 18.2 Å². The third-order valence-corrected chi connectivity index (χ3v) is 2.90. The fourth-order valence-electron chi connectivity index (χ4n) is 2.03. The van der Waals surface area contributed by atoms with Crippen LogP contribution < -0.4 is 19.7 Å². The summed E-state index contributed by atoms with van der Waals surface area (Å²) in [5.41, 5.74) is 0.474. The molecule has 2 amide bonds. The molecule has 1 aromatic carbocycles. The van der Waals surface area contributed by atoms with Crippen LogP contribution in [0.3, 0.4) is 0 Å². The van der Waals surface area contributed by atoms with Crippen LogP contribution in [-0.2, 0) is 4.79 Å². The zero-order valence-electron chi connectivity index (χ0n) is 9.25. The minimum absolute atomic E-state index is 0.0859. The Hall–Kier alpha value is -2.44.